The van der Waals surface area contributed by atoms with Crippen LogP contribution in [0.2, 0.25) is 0 Å². The zero-order valence-corrected chi connectivity index (χ0v) is 13.9. The van der Waals surface area contributed by atoms with E-state index in [-0.39, 0.29) is 18.4 Å². The maximum absolute atomic E-state index is 12.6. The number of halogens is 3. The van der Waals surface area contributed by atoms with E-state index < -0.39 is 11.9 Å². The van der Waals surface area contributed by atoms with Crippen molar-refractivity contribution in [1.82, 2.24) is 19.7 Å². The first-order valence-corrected chi connectivity index (χ1v) is 8.45. The lowest BCUT2D eigenvalue weighted by Crippen LogP contribution is -2.40. The number of alkyl halides is 3. The molecule has 2 aromatic heterocycles. The van der Waals surface area contributed by atoms with Crippen LogP contribution in [0.1, 0.15) is 34.3 Å². The summed E-state index contributed by atoms with van der Waals surface area (Å²) in [6.45, 7) is 2.98. The molecule has 9 heteroatoms. The van der Waals surface area contributed by atoms with Gasteiger partial charge in [0.05, 0.1) is 5.01 Å². The van der Waals surface area contributed by atoms with Gasteiger partial charge in [-0.05, 0) is 25.8 Å². The molecule has 0 aromatic carbocycles. The van der Waals surface area contributed by atoms with Gasteiger partial charge in [-0.15, -0.1) is 11.3 Å². The van der Waals surface area contributed by atoms with Crippen molar-refractivity contribution in [3.8, 4) is 0 Å². The number of carbonyl (C=O) groups is 1. The average Bonchev–Trinajstić information content (AvgIpc) is 3.16. The van der Waals surface area contributed by atoms with Crippen LogP contribution < -0.4 is 0 Å². The molecular weight excluding hydrogens is 341 g/mol. The van der Waals surface area contributed by atoms with Crippen LogP contribution in [0.15, 0.2) is 18.5 Å². The number of aromatic nitrogens is 3. The number of nitrogens with zero attached hydrogens (tertiary/aromatic N) is 4. The molecule has 0 N–H and O–H groups in total. The molecule has 0 radical (unpaired) electrons. The third kappa shape index (κ3) is 3.77. The van der Waals surface area contributed by atoms with Crippen molar-refractivity contribution in [3.05, 3.63) is 34.0 Å². The first kappa shape index (κ1) is 16.9. The van der Waals surface area contributed by atoms with Crippen molar-refractivity contribution in [2.24, 2.45) is 0 Å². The second-order valence-electron chi connectivity index (χ2n) is 5.88. The summed E-state index contributed by atoms with van der Waals surface area (Å²) in [7, 11) is 0. The molecule has 5 nitrogen and oxygen atoms in total. The third-order valence-electron chi connectivity index (χ3n) is 3.99. The predicted octanol–water partition coefficient (Wildman–Crippen LogP) is 3.07. The lowest BCUT2D eigenvalue weighted by atomic mass is 9.99. The normalized spacial score (nSPS) is 18.8. The summed E-state index contributed by atoms with van der Waals surface area (Å²) < 4.78 is 38.7. The van der Waals surface area contributed by atoms with E-state index >= 15 is 0 Å². The molecule has 0 aliphatic carbocycles. The minimum atomic E-state index is -4.49. The van der Waals surface area contributed by atoms with Crippen LogP contribution in [0, 0.1) is 6.92 Å². The highest BCUT2D eigenvalue weighted by molar-refractivity contribution is 7.11. The molecule has 0 spiro atoms. The van der Waals surface area contributed by atoms with Crippen LogP contribution in [-0.2, 0) is 17.5 Å². The van der Waals surface area contributed by atoms with Crippen LogP contribution in [0.5, 0.6) is 0 Å². The highest BCUT2D eigenvalue weighted by atomic mass is 32.1. The zero-order valence-electron chi connectivity index (χ0n) is 13.1. The first-order valence-electron chi connectivity index (χ1n) is 7.63. The Kier molecular flexibility index (Phi) is 4.62. The maximum Gasteiger partial charge on any atom is 0.435 e. The van der Waals surface area contributed by atoms with Crippen molar-refractivity contribution in [1.29, 1.82) is 0 Å². The number of thiazole rings is 1. The topological polar surface area (TPSA) is 51.0 Å². The molecule has 1 aliphatic heterocycles. The van der Waals surface area contributed by atoms with Crippen molar-refractivity contribution >= 4 is 17.2 Å². The Balaban J connectivity index is 1.63. The van der Waals surface area contributed by atoms with Gasteiger partial charge in [0, 0.05) is 36.3 Å². The summed E-state index contributed by atoms with van der Waals surface area (Å²) in [6.07, 6.45) is 0.349. The SMILES string of the molecule is Cc1cnc(C2CCCN(C(=O)Cn3ccc(C(F)(F)F)n3)C2)s1. The lowest BCUT2D eigenvalue weighted by Gasteiger charge is -2.31. The Morgan fingerprint density at radius 1 is 1.46 bits per heavy atom. The van der Waals surface area contributed by atoms with Gasteiger partial charge in [0.25, 0.3) is 0 Å². The molecule has 3 rings (SSSR count). The Morgan fingerprint density at radius 3 is 2.88 bits per heavy atom. The summed E-state index contributed by atoms with van der Waals surface area (Å²) in [5, 5.41) is 4.45. The van der Waals surface area contributed by atoms with Gasteiger partial charge >= 0.3 is 6.18 Å². The molecule has 1 atom stereocenters. The van der Waals surface area contributed by atoms with E-state index in [9.17, 15) is 18.0 Å². The highest BCUT2D eigenvalue weighted by Crippen LogP contribution is 2.30. The fourth-order valence-corrected chi connectivity index (χ4v) is 3.71. The average molecular weight is 358 g/mol. The lowest BCUT2D eigenvalue weighted by molar-refractivity contribution is -0.142. The zero-order chi connectivity index (χ0) is 17.3. The van der Waals surface area contributed by atoms with Gasteiger partial charge in [-0.2, -0.15) is 18.3 Å². The molecule has 24 heavy (non-hydrogen) atoms. The summed E-state index contributed by atoms with van der Waals surface area (Å²) in [5.74, 6) is -0.0189. The smallest absolute Gasteiger partial charge is 0.340 e. The fraction of sp³-hybridized carbons (Fsp3) is 0.533. The summed E-state index contributed by atoms with van der Waals surface area (Å²) in [6, 6.07) is 0.880. The molecule has 1 aliphatic rings. The van der Waals surface area contributed by atoms with Crippen LogP contribution in [0.3, 0.4) is 0 Å². The van der Waals surface area contributed by atoms with Crippen LogP contribution >= 0.6 is 11.3 Å². The second-order valence-corrected chi connectivity index (χ2v) is 7.15. The highest BCUT2D eigenvalue weighted by Gasteiger charge is 2.34. The van der Waals surface area contributed by atoms with Gasteiger partial charge in [-0.1, -0.05) is 0 Å². The molecule has 1 fully saturated rings. The van der Waals surface area contributed by atoms with Crippen LogP contribution in [0.25, 0.3) is 0 Å². The van der Waals surface area contributed by atoms with E-state index in [0.29, 0.717) is 13.1 Å². The number of likely N-dealkylation sites (tertiary alicyclic amines) is 1. The van der Waals surface area contributed by atoms with E-state index in [1.807, 2.05) is 13.1 Å². The number of amides is 1. The summed E-state index contributed by atoms with van der Waals surface area (Å²) >= 11 is 1.63. The number of hydrogen-bond donors (Lipinski definition) is 0. The molecule has 3 heterocycles. The van der Waals surface area contributed by atoms with Gasteiger partial charge in [0.1, 0.15) is 6.54 Å². The van der Waals surface area contributed by atoms with Crippen LogP contribution in [0.4, 0.5) is 13.2 Å². The second kappa shape index (κ2) is 6.54. The standard InChI is InChI=1S/C15H17F3N4OS/c1-10-7-19-14(24-10)11-3-2-5-21(8-11)13(23)9-22-6-4-12(20-22)15(16,17)18/h4,6-7,11H,2-3,5,8-9H2,1H3. The predicted molar refractivity (Wildman–Crippen MR) is 82.6 cm³/mol. The monoisotopic (exact) mass is 358 g/mol. The number of hydrogen-bond acceptors (Lipinski definition) is 4. The van der Waals surface area contributed by atoms with Crippen molar-refractivity contribution in [2.75, 3.05) is 13.1 Å². The first-order chi connectivity index (χ1) is 11.3. The Labute approximate surface area is 141 Å². The summed E-state index contributed by atoms with van der Waals surface area (Å²) in [5.41, 5.74) is -0.981. The number of carbonyl (C=O) groups excluding carboxylic acids is 1. The molecule has 1 unspecified atom stereocenters. The van der Waals surface area contributed by atoms with Crippen molar-refractivity contribution in [2.45, 2.75) is 38.4 Å². The molecular formula is C15H17F3N4OS. The van der Waals surface area contributed by atoms with Gasteiger partial charge in [-0.3, -0.25) is 9.48 Å². The Bertz CT molecular complexity index is 724. The maximum atomic E-state index is 12.6. The van der Waals surface area contributed by atoms with Gasteiger partial charge in [0.15, 0.2) is 5.69 Å². The quantitative estimate of drug-likeness (QED) is 0.847. The molecule has 1 amide bonds. The van der Waals surface area contributed by atoms with E-state index in [0.717, 1.165) is 33.5 Å². The van der Waals surface area contributed by atoms with E-state index in [1.165, 1.54) is 6.20 Å². The molecule has 2 aromatic rings. The van der Waals surface area contributed by atoms with Gasteiger partial charge in [0.2, 0.25) is 5.91 Å². The minimum Gasteiger partial charge on any atom is -0.340 e. The molecule has 1 saturated heterocycles. The molecule has 0 bridgehead atoms. The molecule has 0 saturated carbocycles. The van der Waals surface area contributed by atoms with Crippen molar-refractivity contribution < 1.29 is 18.0 Å². The Morgan fingerprint density at radius 2 is 2.25 bits per heavy atom. The number of rotatable bonds is 3. The number of aryl methyl sites for hydroxylation is 1. The van der Waals surface area contributed by atoms with E-state index in [2.05, 4.69) is 10.1 Å². The van der Waals surface area contributed by atoms with E-state index in [4.69, 9.17) is 0 Å². The third-order valence-corrected chi connectivity index (χ3v) is 5.07. The van der Waals surface area contributed by atoms with Gasteiger partial charge in [-0.25, -0.2) is 4.98 Å². The van der Waals surface area contributed by atoms with Gasteiger partial charge < -0.3 is 4.90 Å². The largest absolute Gasteiger partial charge is 0.435 e. The number of piperidine rings is 1. The van der Waals surface area contributed by atoms with Crippen molar-refractivity contribution in [3.63, 3.8) is 0 Å². The Hall–Kier alpha value is -1.90. The molecule has 130 valence electrons. The fourth-order valence-electron chi connectivity index (χ4n) is 2.81. The minimum absolute atomic E-state index is 0.181. The summed E-state index contributed by atoms with van der Waals surface area (Å²) in [4.78, 5) is 19.6. The van der Waals surface area contributed by atoms with Crippen LogP contribution in [-0.4, -0.2) is 38.7 Å². The van der Waals surface area contributed by atoms with E-state index in [1.54, 1.807) is 16.2 Å².